The Bertz CT molecular complexity index is 2100. The average molecular weight is 556 g/mol. The molecule has 0 N–H and O–H groups in total. The molecule has 2 aromatic heterocycles. The van der Waals surface area contributed by atoms with Crippen molar-refractivity contribution in [1.82, 2.24) is 4.40 Å². The van der Waals surface area contributed by atoms with Gasteiger partial charge in [-0.05, 0) is 62.6 Å². The Morgan fingerprint density at radius 3 is 1.71 bits per heavy atom. The Morgan fingerprint density at radius 1 is 0.500 bits per heavy atom. The lowest BCUT2D eigenvalue weighted by Gasteiger charge is -2.34. The van der Waals surface area contributed by atoms with Gasteiger partial charge in [0.25, 0.3) is 0 Å². The van der Waals surface area contributed by atoms with Crippen molar-refractivity contribution in [1.29, 1.82) is 0 Å². The Balaban J connectivity index is 1.40. The van der Waals surface area contributed by atoms with Crippen molar-refractivity contribution >= 4 is 56.5 Å². The molecule has 0 radical (unpaired) electrons. The van der Waals surface area contributed by atoms with Crippen LogP contribution in [0.3, 0.4) is 0 Å². The molecule has 8 aromatic rings. The summed E-state index contributed by atoms with van der Waals surface area (Å²) in [6.07, 6.45) is 0. The number of aromatic nitrogens is 1. The highest BCUT2D eigenvalue weighted by Gasteiger charge is 2.41. The van der Waals surface area contributed by atoms with E-state index in [2.05, 4.69) is 169 Å². The lowest BCUT2D eigenvalue weighted by atomic mass is 10.00. The monoisotopic (exact) mass is 555 g/mol. The molecule has 0 spiro atoms. The molecule has 0 saturated heterocycles. The van der Waals surface area contributed by atoms with Crippen molar-refractivity contribution in [2.45, 2.75) is 6.92 Å². The normalized spacial score (nSPS) is 11.9. The molecular formula is C39H29NOSi. The first-order valence-corrected chi connectivity index (χ1v) is 16.4. The average Bonchev–Trinajstić information content (AvgIpc) is 3.58. The van der Waals surface area contributed by atoms with E-state index in [-0.39, 0.29) is 0 Å². The van der Waals surface area contributed by atoms with Gasteiger partial charge in [0, 0.05) is 11.5 Å². The maximum atomic E-state index is 6.33. The van der Waals surface area contributed by atoms with Gasteiger partial charge in [-0.25, -0.2) is 0 Å². The number of rotatable bonds is 5. The van der Waals surface area contributed by atoms with Gasteiger partial charge in [-0.2, -0.15) is 0 Å². The van der Waals surface area contributed by atoms with E-state index in [0.29, 0.717) is 0 Å². The Kier molecular flexibility index (Phi) is 5.73. The van der Waals surface area contributed by atoms with Crippen LogP contribution in [0.15, 0.2) is 162 Å². The minimum absolute atomic E-state index is 0.875. The molecule has 42 heavy (non-hydrogen) atoms. The Labute approximate surface area is 246 Å². The first-order valence-electron chi connectivity index (χ1n) is 14.4. The number of para-hydroxylation sites is 1. The fourth-order valence-electron chi connectivity index (χ4n) is 6.79. The molecule has 8 rings (SSSR count). The molecule has 2 heterocycles. The van der Waals surface area contributed by atoms with Gasteiger partial charge < -0.3 is 4.42 Å². The third-order valence-corrected chi connectivity index (χ3v) is 13.4. The van der Waals surface area contributed by atoms with Crippen molar-refractivity contribution in [2.75, 3.05) is 0 Å². The van der Waals surface area contributed by atoms with Crippen LogP contribution in [-0.4, -0.2) is 12.5 Å². The second-order valence-corrected chi connectivity index (χ2v) is 14.9. The molecule has 2 nitrogen and oxygen atoms in total. The van der Waals surface area contributed by atoms with Crippen molar-refractivity contribution in [3.8, 4) is 11.1 Å². The van der Waals surface area contributed by atoms with Crippen LogP contribution in [0, 0.1) is 6.92 Å². The van der Waals surface area contributed by atoms with Crippen LogP contribution in [-0.2, 0) is 0 Å². The molecule has 6 aromatic carbocycles. The van der Waals surface area contributed by atoms with Gasteiger partial charge in [-0.3, -0.25) is 4.40 Å². The number of aryl methyl sites for hydroxylation is 1. The van der Waals surface area contributed by atoms with E-state index in [1.54, 1.807) is 0 Å². The number of benzene rings is 6. The highest BCUT2D eigenvalue weighted by Crippen LogP contribution is 2.33. The van der Waals surface area contributed by atoms with Crippen LogP contribution in [0.4, 0.5) is 0 Å². The summed E-state index contributed by atoms with van der Waals surface area (Å²) in [5.41, 5.74) is 7.69. The maximum Gasteiger partial charge on any atom is 0.205 e. The predicted molar refractivity (Wildman–Crippen MR) is 178 cm³/mol. The summed E-state index contributed by atoms with van der Waals surface area (Å²) in [6.45, 7) is 2.19. The largest absolute Gasteiger partial charge is 0.438 e. The van der Waals surface area contributed by atoms with Gasteiger partial charge in [0.15, 0.2) is 13.7 Å². The molecule has 0 bridgehead atoms. The Hall–Kier alpha value is -5.12. The fourth-order valence-corrected chi connectivity index (χ4v) is 11.6. The standard InChI is InChI=1S/C39H29NOSi/c1-28-24-38-37(40-36-23-12-11-14-30(36)26-39(40)41-38)27-35(28)29-15-13-22-34(25-29)42(31-16-5-2-6-17-31,32-18-7-3-8-19-32)33-20-9-4-10-21-33/h2-27H,1H3. The van der Waals surface area contributed by atoms with Crippen LogP contribution >= 0.6 is 0 Å². The summed E-state index contributed by atoms with van der Waals surface area (Å²) in [5.74, 6) is 0. The second-order valence-electron chi connectivity index (χ2n) is 11.0. The molecule has 0 aliphatic heterocycles. The van der Waals surface area contributed by atoms with E-state index in [1.165, 1.54) is 48.3 Å². The maximum absolute atomic E-state index is 6.33. The van der Waals surface area contributed by atoms with Crippen molar-refractivity contribution in [3.63, 3.8) is 0 Å². The van der Waals surface area contributed by atoms with Crippen molar-refractivity contribution in [2.24, 2.45) is 0 Å². The molecule has 0 unspecified atom stereocenters. The van der Waals surface area contributed by atoms with Gasteiger partial charge in [0.2, 0.25) is 5.71 Å². The summed E-state index contributed by atoms with van der Waals surface area (Å²) in [5, 5.41) is 6.68. The zero-order valence-corrected chi connectivity index (χ0v) is 24.4. The molecule has 0 saturated carbocycles. The van der Waals surface area contributed by atoms with Crippen LogP contribution in [0.2, 0.25) is 0 Å². The zero-order chi connectivity index (χ0) is 28.1. The molecule has 0 atom stereocenters. The van der Waals surface area contributed by atoms with Gasteiger partial charge in [-0.15, -0.1) is 0 Å². The quantitative estimate of drug-likeness (QED) is 0.162. The lowest BCUT2D eigenvalue weighted by Crippen LogP contribution is -2.74. The first-order chi connectivity index (χ1) is 20.7. The zero-order valence-electron chi connectivity index (χ0n) is 23.4. The highest BCUT2D eigenvalue weighted by molar-refractivity contribution is 7.19. The molecule has 200 valence electrons. The second kappa shape index (κ2) is 9.76. The molecule has 0 aliphatic carbocycles. The van der Waals surface area contributed by atoms with Crippen LogP contribution < -0.4 is 20.7 Å². The number of hydrogen-bond acceptors (Lipinski definition) is 1. The van der Waals surface area contributed by atoms with Gasteiger partial charge in [0.05, 0.1) is 11.0 Å². The van der Waals surface area contributed by atoms with Crippen molar-refractivity contribution in [3.05, 3.63) is 163 Å². The van der Waals surface area contributed by atoms with E-state index in [4.69, 9.17) is 4.42 Å². The topological polar surface area (TPSA) is 17.6 Å². The van der Waals surface area contributed by atoms with E-state index in [0.717, 1.165) is 16.8 Å². The van der Waals surface area contributed by atoms with Crippen LogP contribution in [0.1, 0.15) is 5.56 Å². The number of fused-ring (bicyclic) bond motifs is 5. The smallest absolute Gasteiger partial charge is 0.205 e. The summed E-state index contributed by atoms with van der Waals surface area (Å²) in [7, 11) is -2.62. The summed E-state index contributed by atoms with van der Waals surface area (Å²) in [6, 6.07) is 57.7. The van der Waals surface area contributed by atoms with Gasteiger partial charge in [0.1, 0.15) is 0 Å². The fraction of sp³-hybridized carbons (Fsp3) is 0.0256. The SMILES string of the molecule is Cc1cc2oc3cc4ccccc4n3c2cc1-c1cccc([Si](c2ccccc2)(c2ccccc2)c2ccccc2)c1. The van der Waals surface area contributed by atoms with Crippen LogP contribution in [0.25, 0.3) is 38.8 Å². The minimum atomic E-state index is -2.62. The third-order valence-electron chi connectivity index (χ3n) is 8.67. The number of nitrogens with zero attached hydrogens (tertiary/aromatic N) is 1. The summed E-state index contributed by atoms with van der Waals surface area (Å²) < 4.78 is 8.57. The molecule has 3 heteroatoms. The molecule has 0 amide bonds. The predicted octanol–water partition coefficient (Wildman–Crippen LogP) is 7.19. The van der Waals surface area contributed by atoms with Gasteiger partial charge >= 0.3 is 0 Å². The number of oxazole rings is 1. The van der Waals surface area contributed by atoms with E-state index in [9.17, 15) is 0 Å². The molecule has 0 aliphatic rings. The van der Waals surface area contributed by atoms with Crippen molar-refractivity contribution < 1.29 is 4.42 Å². The van der Waals surface area contributed by atoms with Crippen LogP contribution in [0.5, 0.6) is 0 Å². The van der Waals surface area contributed by atoms with E-state index >= 15 is 0 Å². The lowest BCUT2D eigenvalue weighted by molar-refractivity contribution is 0.657. The minimum Gasteiger partial charge on any atom is -0.438 e. The first kappa shape index (κ1) is 24.7. The third kappa shape index (κ3) is 3.71. The molecule has 0 fully saturated rings. The number of hydrogen-bond donors (Lipinski definition) is 0. The Morgan fingerprint density at radius 2 is 1.07 bits per heavy atom. The van der Waals surface area contributed by atoms with E-state index in [1.807, 2.05) is 0 Å². The van der Waals surface area contributed by atoms with E-state index < -0.39 is 8.07 Å². The summed E-state index contributed by atoms with van der Waals surface area (Å²) in [4.78, 5) is 0. The van der Waals surface area contributed by atoms with Gasteiger partial charge in [-0.1, -0.05) is 133 Å². The molecular weight excluding hydrogens is 527 g/mol. The highest BCUT2D eigenvalue weighted by atomic mass is 28.3. The summed E-state index contributed by atoms with van der Waals surface area (Å²) >= 11 is 0.